The minimum atomic E-state index is -0.530. The van der Waals surface area contributed by atoms with Gasteiger partial charge in [0.25, 0.3) is 5.56 Å². The molecule has 0 amide bonds. The van der Waals surface area contributed by atoms with Gasteiger partial charge < -0.3 is 9.26 Å². The van der Waals surface area contributed by atoms with E-state index in [0.717, 1.165) is 5.56 Å². The second-order valence-electron chi connectivity index (χ2n) is 5.46. The third-order valence-corrected chi connectivity index (χ3v) is 3.76. The zero-order valence-corrected chi connectivity index (χ0v) is 13.7. The van der Waals surface area contributed by atoms with E-state index in [1.54, 1.807) is 19.2 Å². The number of rotatable bonds is 4. The van der Waals surface area contributed by atoms with Gasteiger partial charge in [-0.05, 0) is 31.9 Å². The smallest absolute Gasteiger partial charge is 0.344 e. The fourth-order valence-electron chi connectivity index (χ4n) is 2.52. The Hall–Kier alpha value is -2.96. The van der Waals surface area contributed by atoms with Gasteiger partial charge in [0.15, 0.2) is 0 Å². The maximum Gasteiger partial charge on any atom is 0.344 e. The lowest BCUT2D eigenvalue weighted by Crippen LogP contribution is -2.17. The Morgan fingerprint density at radius 3 is 2.92 bits per heavy atom. The van der Waals surface area contributed by atoms with Gasteiger partial charge in [-0.3, -0.25) is 9.20 Å². The Labute approximate surface area is 137 Å². The molecule has 0 aromatic carbocycles. The highest BCUT2D eigenvalue weighted by molar-refractivity contribution is 5.91. The maximum atomic E-state index is 12.3. The average Bonchev–Trinajstić information content (AvgIpc) is 2.94. The molecule has 0 spiro atoms. The molecule has 0 aliphatic rings. The first-order chi connectivity index (χ1) is 11.5. The average molecular weight is 327 g/mol. The number of aryl methyl sites for hydroxylation is 3. The highest BCUT2D eigenvalue weighted by atomic mass is 16.5. The van der Waals surface area contributed by atoms with E-state index in [0.29, 0.717) is 34.8 Å². The molecule has 3 rings (SSSR count). The Morgan fingerprint density at radius 2 is 2.17 bits per heavy atom. The number of fused-ring (bicyclic) bond motifs is 1. The van der Waals surface area contributed by atoms with Crippen molar-refractivity contribution in [2.24, 2.45) is 0 Å². The molecule has 0 unspecified atom stereocenters. The molecular weight excluding hydrogens is 310 g/mol. The van der Waals surface area contributed by atoms with Crippen LogP contribution in [0.1, 0.15) is 40.0 Å². The predicted molar refractivity (Wildman–Crippen MR) is 85.9 cm³/mol. The lowest BCUT2D eigenvalue weighted by molar-refractivity contribution is 0.0464. The summed E-state index contributed by atoms with van der Waals surface area (Å²) in [6.07, 6.45) is 2.22. The molecule has 0 bridgehead atoms. The lowest BCUT2D eigenvalue weighted by atomic mass is 10.1. The molecule has 7 nitrogen and oxygen atoms in total. The SMILES string of the molecule is CCc1noc(C)c1C(=O)OCc1cc(=O)n2cccc(C)c2n1. The minimum Gasteiger partial charge on any atom is -0.455 e. The van der Waals surface area contributed by atoms with Crippen LogP contribution in [0.5, 0.6) is 0 Å². The zero-order valence-electron chi connectivity index (χ0n) is 13.7. The standard InChI is InChI=1S/C17H17N3O4/c1-4-13-15(11(3)24-19-13)17(22)23-9-12-8-14(21)20-7-5-6-10(2)16(20)18-12/h5-8H,4,9H2,1-3H3. The number of hydrogen-bond donors (Lipinski definition) is 0. The number of aromatic nitrogens is 3. The summed E-state index contributed by atoms with van der Waals surface area (Å²) >= 11 is 0. The van der Waals surface area contributed by atoms with E-state index < -0.39 is 5.97 Å². The van der Waals surface area contributed by atoms with Crippen LogP contribution in [0.2, 0.25) is 0 Å². The van der Waals surface area contributed by atoms with Crippen LogP contribution in [0.3, 0.4) is 0 Å². The lowest BCUT2D eigenvalue weighted by Gasteiger charge is -2.07. The van der Waals surface area contributed by atoms with Crippen molar-refractivity contribution in [1.82, 2.24) is 14.5 Å². The van der Waals surface area contributed by atoms with E-state index in [1.165, 1.54) is 10.5 Å². The minimum absolute atomic E-state index is 0.0906. The molecule has 0 aliphatic carbocycles. The van der Waals surface area contributed by atoms with Crippen LogP contribution >= 0.6 is 0 Å². The number of hydrogen-bond acceptors (Lipinski definition) is 6. The van der Waals surface area contributed by atoms with E-state index >= 15 is 0 Å². The summed E-state index contributed by atoms with van der Waals surface area (Å²) in [5, 5.41) is 3.83. The molecule has 0 aliphatic heterocycles. The molecule has 3 aromatic heterocycles. The Balaban J connectivity index is 1.86. The van der Waals surface area contributed by atoms with E-state index in [4.69, 9.17) is 9.26 Å². The van der Waals surface area contributed by atoms with Gasteiger partial charge in [-0.1, -0.05) is 18.1 Å². The molecule has 0 fully saturated rings. The highest BCUT2D eigenvalue weighted by Gasteiger charge is 2.20. The van der Waals surface area contributed by atoms with Gasteiger partial charge in [0.05, 0.1) is 11.4 Å². The van der Waals surface area contributed by atoms with Crippen molar-refractivity contribution < 1.29 is 14.1 Å². The highest BCUT2D eigenvalue weighted by Crippen LogP contribution is 2.16. The van der Waals surface area contributed by atoms with Gasteiger partial charge in [0, 0.05) is 12.3 Å². The monoisotopic (exact) mass is 327 g/mol. The summed E-state index contributed by atoms with van der Waals surface area (Å²) in [5.41, 5.74) is 2.49. The van der Waals surface area contributed by atoms with E-state index in [9.17, 15) is 9.59 Å². The fourth-order valence-corrected chi connectivity index (χ4v) is 2.52. The van der Waals surface area contributed by atoms with E-state index in [2.05, 4.69) is 10.1 Å². The topological polar surface area (TPSA) is 86.7 Å². The molecule has 3 heterocycles. The van der Waals surface area contributed by atoms with Crippen LogP contribution in [0.15, 0.2) is 33.7 Å². The Kier molecular flexibility index (Phi) is 4.16. The van der Waals surface area contributed by atoms with Crippen molar-refractivity contribution in [3.8, 4) is 0 Å². The van der Waals surface area contributed by atoms with Crippen LogP contribution in [0.25, 0.3) is 5.65 Å². The predicted octanol–water partition coefficient (Wildman–Crippen LogP) is 2.22. The molecule has 7 heteroatoms. The number of carbonyl (C=O) groups is 1. The third-order valence-electron chi connectivity index (χ3n) is 3.76. The van der Waals surface area contributed by atoms with E-state index in [1.807, 2.05) is 19.9 Å². The van der Waals surface area contributed by atoms with Gasteiger partial charge in [-0.15, -0.1) is 0 Å². The van der Waals surface area contributed by atoms with Crippen molar-refractivity contribution in [2.45, 2.75) is 33.8 Å². The van der Waals surface area contributed by atoms with Gasteiger partial charge in [0.2, 0.25) is 0 Å². The summed E-state index contributed by atoms with van der Waals surface area (Å²) in [6.45, 7) is 5.31. The molecule has 3 aromatic rings. The molecular formula is C17H17N3O4. The number of carbonyl (C=O) groups excluding carboxylic acids is 1. The second kappa shape index (κ2) is 6.27. The normalized spacial score (nSPS) is 11.0. The molecule has 0 N–H and O–H groups in total. The molecule has 0 radical (unpaired) electrons. The molecule has 0 saturated heterocycles. The van der Waals surface area contributed by atoms with Crippen LogP contribution < -0.4 is 5.56 Å². The van der Waals surface area contributed by atoms with Crippen LogP contribution in [0.4, 0.5) is 0 Å². The van der Waals surface area contributed by atoms with Crippen molar-refractivity contribution in [3.63, 3.8) is 0 Å². The number of ether oxygens (including phenoxy) is 1. The Morgan fingerprint density at radius 1 is 1.38 bits per heavy atom. The zero-order chi connectivity index (χ0) is 17.3. The fraction of sp³-hybridized carbons (Fsp3) is 0.294. The van der Waals surface area contributed by atoms with Gasteiger partial charge in [-0.2, -0.15) is 0 Å². The molecule has 124 valence electrons. The largest absolute Gasteiger partial charge is 0.455 e. The van der Waals surface area contributed by atoms with Crippen LogP contribution in [-0.4, -0.2) is 20.5 Å². The number of esters is 1. The number of pyridine rings is 1. The second-order valence-corrected chi connectivity index (χ2v) is 5.46. The first-order valence-electron chi connectivity index (χ1n) is 7.61. The van der Waals surface area contributed by atoms with Crippen molar-refractivity contribution in [2.75, 3.05) is 0 Å². The molecule has 0 saturated carbocycles. The Bertz CT molecular complexity index is 972. The van der Waals surface area contributed by atoms with Crippen LogP contribution in [0, 0.1) is 13.8 Å². The maximum absolute atomic E-state index is 12.3. The van der Waals surface area contributed by atoms with Gasteiger partial charge >= 0.3 is 5.97 Å². The van der Waals surface area contributed by atoms with Gasteiger partial charge in [0.1, 0.15) is 23.6 Å². The van der Waals surface area contributed by atoms with Crippen molar-refractivity contribution >= 4 is 11.6 Å². The summed E-state index contributed by atoms with van der Waals surface area (Å²) in [7, 11) is 0. The quantitative estimate of drug-likeness (QED) is 0.683. The summed E-state index contributed by atoms with van der Waals surface area (Å²) in [6, 6.07) is 5.01. The summed E-state index contributed by atoms with van der Waals surface area (Å²) < 4.78 is 11.8. The van der Waals surface area contributed by atoms with Crippen LogP contribution in [-0.2, 0) is 17.8 Å². The number of nitrogens with zero attached hydrogens (tertiary/aromatic N) is 3. The van der Waals surface area contributed by atoms with Gasteiger partial charge in [-0.25, -0.2) is 9.78 Å². The van der Waals surface area contributed by atoms with Crippen molar-refractivity contribution in [1.29, 1.82) is 0 Å². The first kappa shape index (κ1) is 15.9. The summed E-state index contributed by atoms with van der Waals surface area (Å²) in [5.74, 6) is -0.114. The first-order valence-corrected chi connectivity index (χ1v) is 7.61. The molecule has 0 atom stereocenters. The molecule has 24 heavy (non-hydrogen) atoms. The van der Waals surface area contributed by atoms with Crippen molar-refractivity contribution in [3.05, 3.63) is 63.0 Å². The van der Waals surface area contributed by atoms with E-state index in [-0.39, 0.29) is 12.2 Å². The third kappa shape index (κ3) is 2.80. The summed E-state index contributed by atoms with van der Waals surface area (Å²) in [4.78, 5) is 28.8.